The number of aliphatic hydroxyl groups excluding tert-OH is 1. The maximum Gasteiger partial charge on any atom is 0.303 e. The summed E-state index contributed by atoms with van der Waals surface area (Å²) in [6.07, 6.45) is 1.11. The smallest absolute Gasteiger partial charge is 0.303 e. The van der Waals surface area contributed by atoms with E-state index in [0.29, 0.717) is 12.8 Å². The van der Waals surface area contributed by atoms with Crippen molar-refractivity contribution in [2.75, 3.05) is 6.61 Å². The largest absolute Gasteiger partial charge is 0.481 e. The Morgan fingerprint density at radius 3 is 2.50 bits per heavy atom. The topological polar surface area (TPSA) is 86.6 Å². The van der Waals surface area contributed by atoms with Crippen LogP contribution in [-0.2, 0) is 9.59 Å². The molecule has 0 heterocycles. The number of nitrogens with one attached hydrogen (secondary N) is 1. The van der Waals surface area contributed by atoms with Gasteiger partial charge in [-0.3, -0.25) is 9.59 Å². The molecule has 0 aliphatic carbocycles. The zero-order valence-electron chi connectivity index (χ0n) is 8.32. The van der Waals surface area contributed by atoms with Crippen LogP contribution in [0.15, 0.2) is 0 Å². The van der Waals surface area contributed by atoms with Crippen molar-refractivity contribution in [2.45, 2.75) is 38.6 Å². The van der Waals surface area contributed by atoms with Crippen molar-refractivity contribution in [1.29, 1.82) is 0 Å². The second-order valence-corrected chi connectivity index (χ2v) is 3.23. The SMILES string of the molecule is CC(CCO)NC(=O)CCCC(=O)O. The molecule has 14 heavy (non-hydrogen) atoms. The van der Waals surface area contributed by atoms with Crippen LogP contribution in [-0.4, -0.2) is 34.7 Å². The molecule has 0 radical (unpaired) electrons. The molecule has 3 N–H and O–H groups in total. The predicted octanol–water partition coefficient (Wildman–Crippen LogP) is 0.128. The predicted molar refractivity (Wildman–Crippen MR) is 50.8 cm³/mol. The highest BCUT2D eigenvalue weighted by Gasteiger charge is 2.07. The first-order valence-corrected chi connectivity index (χ1v) is 4.68. The van der Waals surface area contributed by atoms with E-state index in [2.05, 4.69) is 5.32 Å². The molecule has 1 amide bonds. The number of aliphatic carboxylic acids is 1. The van der Waals surface area contributed by atoms with Gasteiger partial charge >= 0.3 is 5.97 Å². The third kappa shape index (κ3) is 7.54. The summed E-state index contributed by atoms with van der Waals surface area (Å²) in [5, 5.41) is 19.6. The van der Waals surface area contributed by atoms with Crippen molar-refractivity contribution < 1.29 is 19.8 Å². The van der Waals surface area contributed by atoms with Crippen molar-refractivity contribution in [2.24, 2.45) is 0 Å². The van der Waals surface area contributed by atoms with Crippen molar-refractivity contribution in [1.82, 2.24) is 5.32 Å². The summed E-state index contributed by atoms with van der Waals surface area (Å²) >= 11 is 0. The van der Waals surface area contributed by atoms with Gasteiger partial charge in [0.05, 0.1) is 0 Å². The van der Waals surface area contributed by atoms with Crippen molar-refractivity contribution in [3.05, 3.63) is 0 Å². The van der Waals surface area contributed by atoms with E-state index in [0.717, 1.165) is 0 Å². The normalized spacial score (nSPS) is 12.1. The molecule has 1 unspecified atom stereocenters. The van der Waals surface area contributed by atoms with Gasteiger partial charge in [0.1, 0.15) is 0 Å². The molecule has 0 saturated heterocycles. The van der Waals surface area contributed by atoms with Crippen LogP contribution in [0.5, 0.6) is 0 Å². The molecule has 0 fully saturated rings. The molecule has 0 aliphatic heterocycles. The number of carbonyl (C=O) groups excluding carboxylic acids is 1. The Hall–Kier alpha value is -1.10. The molecule has 82 valence electrons. The van der Waals surface area contributed by atoms with E-state index in [1.165, 1.54) is 0 Å². The summed E-state index contributed by atoms with van der Waals surface area (Å²) in [5.74, 6) is -1.05. The Bertz CT molecular complexity index is 193. The standard InChI is InChI=1S/C9H17NO4/c1-7(5-6-11)10-8(12)3-2-4-9(13)14/h7,11H,2-6H2,1H3,(H,10,12)(H,13,14). The van der Waals surface area contributed by atoms with Crippen LogP contribution in [0, 0.1) is 0 Å². The van der Waals surface area contributed by atoms with Crippen LogP contribution < -0.4 is 5.32 Å². The van der Waals surface area contributed by atoms with Crippen LogP contribution >= 0.6 is 0 Å². The van der Waals surface area contributed by atoms with E-state index in [9.17, 15) is 9.59 Å². The van der Waals surface area contributed by atoms with Gasteiger partial charge in [-0.2, -0.15) is 0 Å². The number of carboxylic acid groups (broad SMARTS) is 1. The average Bonchev–Trinajstić information content (AvgIpc) is 2.03. The number of carboxylic acids is 1. The van der Waals surface area contributed by atoms with Gasteiger partial charge in [-0.25, -0.2) is 0 Å². The molecule has 1 atom stereocenters. The van der Waals surface area contributed by atoms with Gasteiger partial charge in [0.25, 0.3) is 0 Å². The number of hydrogen-bond acceptors (Lipinski definition) is 3. The Kier molecular flexibility index (Phi) is 6.74. The highest BCUT2D eigenvalue weighted by atomic mass is 16.4. The van der Waals surface area contributed by atoms with E-state index in [-0.39, 0.29) is 31.4 Å². The van der Waals surface area contributed by atoms with E-state index < -0.39 is 5.97 Å². The van der Waals surface area contributed by atoms with Crippen LogP contribution in [0.2, 0.25) is 0 Å². The lowest BCUT2D eigenvalue weighted by molar-refractivity contribution is -0.137. The first kappa shape index (κ1) is 12.9. The number of hydrogen-bond donors (Lipinski definition) is 3. The first-order valence-electron chi connectivity index (χ1n) is 4.68. The zero-order valence-corrected chi connectivity index (χ0v) is 8.32. The quantitative estimate of drug-likeness (QED) is 0.549. The van der Waals surface area contributed by atoms with Crippen molar-refractivity contribution in [3.63, 3.8) is 0 Å². The molecule has 5 heteroatoms. The zero-order chi connectivity index (χ0) is 11.0. The van der Waals surface area contributed by atoms with E-state index in [4.69, 9.17) is 10.2 Å². The van der Waals surface area contributed by atoms with E-state index >= 15 is 0 Å². The third-order valence-electron chi connectivity index (χ3n) is 1.76. The van der Waals surface area contributed by atoms with Crippen molar-refractivity contribution >= 4 is 11.9 Å². The van der Waals surface area contributed by atoms with Gasteiger partial charge in [0.2, 0.25) is 5.91 Å². The van der Waals surface area contributed by atoms with Gasteiger partial charge in [-0.05, 0) is 19.8 Å². The van der Waals surface area contributed by atoms with Gasteiger partial charge in [0, 0.05) is 25.5 Å². The molecule has 0 aromatic heterocycles. The van der Waals surface area contributed by atoms with Crippen LogP contribution in [0.4, 0.5) is 0 Å². The minimum absolute atomic E-state index is 0.0157. The maximum absolute atomic E-state index is 11.1. The summed E-state index contributed by atoms with van der Waals surface area (Å²) in [4.78, 5) is 21.3. The highest BCUT2D eigenvalue weighted by molar-refractivity contribution is 5.76. The lowest BCUT2D eigenvalue weighted by atomic mass is 10.2. The summed E-state index contributed by atoms with van der Waals surface area (Å²) in [5.41, 5.74) is 0. The lowest BCUT2D eigenvalue weighted by Crippen LogP contribution is -2.33. The van der Waals surface area contributed by atoms with Crippen LogP contribution in [0.25, 0.3) is 0 Å². The summed E-state index contributed by atoms with van der Waals surface area (Å²) < 4.78 is 0. The van der Waals surface area contributed by atoms with Gasteiger partial charge in [0.15, 0.2) is 0 Å². The number of aliphatic hydroxyl groups is 1. The van der Waals surface area contributed by atoms with Crippen LogP contribution in [0.3, 0.4) is 0 Å². The molecule has 0 aliphatic rings. The van der Waals surface area contributed by atoms with E-state index in [1.807, 2.05) is 0 Å². The molecular formula is C9H17NO4. The summed E-state index contributed by atoms with van der Waals surface area (Å²) in [7, 11) is 0. The van der Waals surface area contributed by atoms with Crippen molar-refractivity contribution in [3.8, 4) is 0 Å². The summed E-state index contributed by atoms with van der Waals surface area (Å²) in [6.45, 7) is 1.84. The van der Waals surface area contributed by atoms with Gasteiger partial charge in [-0.15, -0.1) is 0 Å². The number of amides is 1. The van der Waals surface area contributed by atoms with E-state index in [1.54, 1.807) is 6.92 Å². The van der Waals surface area contributed by atoms with Gasteiger partial charge < -0.3 is 15.5 Å². The first-order chi connectivity index (χ1) is 6.56. The molecule has 0 rings (SSSR count). The molecule has 0 bridgehead atoms. The van der Waals surface area contributed by atoms with Crippen LogP contribution in [0.1, 0.15) is 32.6 Å². The molecular weight excluding hydrogens is 186 g/mol. The Morgan fingerprint density at radius 1 is 1.36 bits per heavy atom. The molecule has 0 aromatic carbocycles. The second kappa shape index (κ2) is 7.32. The number of rotatable bonds is 7. The lowest BCUT2D eigenvalue weighted by Gasteiger charge is -2.11. The highest BCUT2D eigenvalue weighted by Crippen LogP contribution is 1.97. The molecule has 5 nitrogen and oxygen atoms in total. The second-order valence-electron chi connectivity index (χ2n) is 3.23. The average molecular weight is 203 g/mol. The minimum Gasteiger partial charge on any atom is -0.481 e. The maximum atomic E-state index is 11.1. The summed E-state index contributed by atoms with van der Waals surface area (Å²) in [6, 6.07) is -0.0580. The minimum atomic E-state index is -0.888. The molecule has 0 aromatic rings. The fourth-order valence-corrected chi connectivity index (χ4v) is 1.01. The monoisotopic (exact) mass is 203 g/mol. The Labute approximate surface area is 83.1 Å². The fraction of sp³-hybridized carbons (Fsp3) is 0.778. The molecule has 0 saturated carbocycles. The Morgan fingerprint density at radius 2 is 2.00 bits per heavy atom. The van der Waals surface area contributed by atoms with Gasteiger partial charge in [-0.1, -0.05) is 0 Å². The fourth-order valence-electron chi connectivity index (χ4n) is 1.01. The Balaban J connectivity index is 3.50. The third-order valence-corrected chi connectivity index (χ3v) is 1.76. The molecule has 0 spiro atoms. The number of carbonyl (C=O) groups is 2.